The van der Waals surface area contributed by atoms with Crippen LogP contribution in [0, 0.1) is 6.92 Å². The molecule has 1 aromatic carbocycles. The third kappa shape index (κ3) is 2.98. The van der Waals surface area contributed by atoms with E-state index in [2.05, 4.69) is 58.3 Å². The number of rotatable bonds is 2. The maximum absolute atomic E-state index is 3.64. The lowest BCUT2D eigenvalue weighted by atomic mass is 10.1. The number of likely N-dealkylation sites (tertiary alicyclic amines) is 1. The van der Waals surface area contributed by atoms with Gasteiger partial charge >= 0.3 is 0 Å². The zero-order chi connectivity index (χ0) is 11.5. The van der Waals surface area contributed by atoms with Crippen LogP contribution >= 0.6 is 15.9 Å². The van der Waals surface area contributed by atoms with E-state index < -0.39 is 0 Å². The van der Waals surface area contributed by atoms with E-state index >= 15 is 0 Å². The number of hydrogen-bond acceptors (Lipinski definition) is 2. The van der Waals surface area contributed by atoms with E-state index in [1.165, 1.54) is 30.6 Å². The molecule has 1 unspecified atom stereocenters. The zero-order valence-corrected chi connectivity index (χ0v) is 11.5. The van der Waals surface area contributed by atoms with Crippen molar-refractivity contribution in [1.82, 2.24) is 4.90 Å². The normalized spacial score (nSPS) is 22.1. The third-order valence-corrected chi connectivity index (χ3v) is 3.67. The van der Waals surface area contributed by atoms with Crippen LogP contribution in [-0.4, -0.2) is 31.1 Å². The van der Waals surface area contributed by atoms with Crippen molar-refractivity contribution in [3.05, 3.63) is 28.2 Å². The minimum absolute atomic E-state index is 0.596. The molecule has 1 fully saturated rings. The van der Waals surface area contributed by atoms with Crippen LogP contribution in [0.3, 0.4) is 0 Å². The van der Waals surface area contributed by atoms with Crippen LogP contribution in [0.5, 0.6) is 0 Å². The van der Waals surface area contributed by atoms with Gasteiger partial charge in [0.05, 0.1) is 0 Å². The van der Waals surface area contributed by atoms with Gasteiger partial charge in [-0.05, 0) is 57.1 Å². The van der Waals surface area contributed by atoms with E-state index in [9.17, 15) is 0 Å². The fraction of sp³-hybridized carbons (Fsp3) is 0.538. The van der Waals surface area contributed by atoms with Gasteiger partial charge in [-0.1, -0.05) is 15.9 Å². The van der Waals surface area contributed by atoms with Crippen molar-refractivity contribution in [3.63, 3.8) is 0 Å². The van der Waals surface area contributed by atoms with Gasteiger partial charge in [0, 0.05) is 22.7 Å². The Morgan fingerprint density at radius 3 is 2.94 bits per heavy atom. The van der Waals surface area contributed by atoms with Gasteiger partial charge in [-0.2, -0.15) is 0 Å². The minimum atomic E-state index is 0.596. The van der Waals surface area contributed by atoms with Crippen LogP contribution in [0.25, 0.3) is 0 Å². The Kier molecular flexibility index (Phi) is 3.87. The van der Waals surface area contributed by atoms with E-state index in [0.29, 0.717) is 6.04 Å². The number of aryl methyl sites for hydroxylation is 1. The average molecular weight is 283 g/mol. The molecule has 2 rings (SSSR count). The highest BCUT2D eigenvalue weighted by Gasteiger charge is 2.17. The Hall–Kier alpha value is -0.540. The molecular weight excluding hydrogens is 264 g/mol. The summed E-state index contributed by atoms with van der Waals surface area (Å²) in [4.78, 5) is 2.40. The third-order valence-electron chi connectivity index (χ3n) is 3.17. The first-order chi connectivity index (χ1) is 7.65. The van der Waals surface area contributed by atoms with Gasteiger partial charge in [-0.3, -0.25) is 0 Å². The lowest BCUT2D eigenvalue weighted by molar-refractivity contribution is 0.261. The quantitative estimate of drug-likeness (QED) is 0.896. The number of benzene rings is 1. The molecule has 1 saturated heterocycles. The molecular formula is C13H19BrN2. The first-order valence-corrected chi connectivity index (χ1v) is 6.65. The average Bonchev–Trinajstić information content (AvgIpc) is 2.22. The Balaban J connectivity index is 2.02. The standard InChI is InChI=1S/C13H19BrN2/c1-10-8-11(14)5-6-13(10)15-12-4-3-7-16(2)9-12/h5-6,8,12,15H,3-4,7,9H2,1-2H3. The summed E-state index contributed by atoms with van der Waals surface area (Å²) >= 11 is 3.50. The smallest absolute Gasteiger partial charge is 0.0388 e. The Labute approximate surface area is 106 Å². The molecule has 3 heteroatoms. The number of nitrogens with one attached hydrogen (secondary N) is 1. The van der Waals surface area contributed by atoms with E-state index in [4.69, 9.17) is 0 Å². The maximum atomic E-state index is 3.64. The molecule has 1 atom stereocenters. The summed E-state index contributed by atoms with van der Waals surface area (Å²) in [6.45, 7) is 4.53. The Morgan fingerprint density at radius 1 is 1.44 bits per heavy atom. The van der Waals surface area contributed by atoms with Crippen LogP contribution in [0.2, 0.25) is 0 Å². The molecule has 0 spiro atoms. The molecule has 0 aliphatic carbocycles. The van der Waals surface area contributed by atoms with Gasteiger partial charge in [-0.15, -0.1) is 0 Å². The zero-order valence-electron chi connectivity index (χ0n) is 9.96. The number of likely N-dealkylation sites (N-methyl/N-ethyl adjacent to an activating group) is 1. The summed E-state index contributed by atoms with van der Waals surface area (Å²) in [6.07, 6.45) is 2.57. The maximum Gasteiger partial charge on any atom is 0.0388 e. The summed E-state index contributed by atoms with van der Waals surface area (Å²) in [5, 5.41) is 3.64. The highest BCUT2D eigenvalue weighted by Crippen LogP contribution is 2.22. The fourth-order valence-corrected chi connectivity index (χ4v) is 2.77. The molecule has 0 bridgehead atoms. The van der Waals surface area contributed by atoms with Gasteiger partial charge in [-0.25, -0.2) is 0 Å². The van der Waals surface area contributed by atoms with Gasteiger partial charge in [0.2, 0.25) is 0 Å². The SMILES string of the molecule is Cc1cc(Br)ccc1NC1CCCN(C)C1. The molecule has 88 valence electrons. The molecule has 1 aliphatic heterocycles. The molecule has 0 radical (unpaired) electrons. The molecule has 2 nitrogen and oxygen atoms in total. The number of anilines is 1. The topological polar surface area (TPSA) is 15.3 Å². The molecule has 0 aromatic heterocycles. The van der Waals surface area contributed by atoms with Crippen molar-refractivity contribution in [1.29, 1.82) is 0 Å². The van der Waals surface area contributed by atoms with Crippen LogP contribution in [0.1, 0.15) is 18.4 Å². The lowest BCUT2D eigenvalue weighted by Gasteiger charge is -2.31. The summed E-state index contributed by atoms with van der Waals surface area (Å²) in [5.74, 6) is 0. The summed E-state index contributed by atoms with van der Waals surface area (Å²) in [5.41, 5.74) is 2.58. The fourth-order valence-electron chi connectivity index (χ4n) is 2.29. The Bertz CT molecular complexity index is 365. The van der Waals surface area contributed by atoms with E-state index in [1.54, 1.807) is 0 Å². The first-order valence-electron chi connectivity index (χ1n) is 5.86. The van der Waals surface area contributed by atoms with Gasteiger partial charge < -0.3 is 10.2 Å². The van der Waals surface area contributed by atoms with E-state index in [1.807, 2.05) is 0 Å². The molecule has 1 aromatic rings. The number of nitrogens with zero attached hydrogens (tertiary/aromatic N) is 1. The minimum Gasteiger partial charge on any atom is -0.381 e. The number of hydrogen-bond donors (Lipinski definition) is 1. The van der Waals surface area contributed by atoms with Crippen molar-refractivity contribution in [2.45, 2.75) is 25.8 Å². The predicted molar refractivity (Wildman–Crippen MR) is 73.0 cm³/mol. The van der Waals surface area contributed by atoms with E-state index in [-0.39, 0.29) is 0 Å². The molecule has 1 N–H and O–H groups in total. The summed E-state index contributed by atoms with van der Waals surface area (Å²) < 4.78 is 1.15. The second-order valence-electron chi connectivity index (χ2n) is 4.70. The predicted octanol–water partition coefficient (Wildman–Crippen LogP) is 3.26. The molecule has 0 amide bonds. The van der Waals surface area contributed by atoms with E-state index in [0.717, 1.165) is 11.0 Å². The molecule has 0 saturated carbocycles. The second-order valence-corrected chi connectivity index (χ2v) is 5.62. The molecule has 16 heavy (non-hydrogen) atoms. The van der Waals surface area contributed by atoms with Gasteiger partial charge in [0.25, 0.3) is 0 Å². The van der Waals surface area contributed by atoms with Crippen molar-refractivity contribution < 1.29 is 0 Å². The van der Waals surface area contributed by atoms with Gasteiger partial charge in [0.1, 0.15) is 0 Å². The highest BCUT2D eigenvalue weighted by molar-refractivity contribution is 9.10. The highest BCUT2D eigenvalue weighted by atomic mass is 79.9. The summed E-state index contributed by atoms with van der Waals surface area (Å²) in [6, 6.07) is 7.02. The van der Waals surface area contributed by atoms with Crippen LogP contribution in [0.15, 0.2) is 22.7 Å². The van der Waals surface area contributed by atoms with Crippen LogP contribution in [-0.2, 0) is 0 Å². The van der Waals surface area contributed by atoms with Crippen molar-refractivity contribution in [2.24, 2.45) is 0 Å². The number of piperidine rings is 1. The van der Waals surface area contributed by atoms with Crippen molar-refractivity contribution >= 4 is 21.6 Å². The monoisotopic (exact) mass is 282 g/mol. The lowest BCUT2D eigenvalue weighted by Crippen LogP contribution is -2.39. The molecule has 1 heterocycles. The summed E-state index contributed by atoms with van der Waals surface area (Å²) in [7, 11) is 2.20. The van der Waals surface area contributed by atoms with Crippen molar-refractivity contribution in [2.75, 3.05) is 25.5 Å². The van der Waals surface area contributed by atoms with Gasteiger partial charge in [0.15, 0.2) is 0 Å². The second kappa shape index (κ2) is 5.19. The number of halogens is 1. The van der Waals surface area contributed by atoms with Crippen molar-refractivity contribution in [3.8, 4) is 0 Å². The molecule has 1 aliphatic rings. The van der Waals surface area contributed by atoms with Crippen LogP contribution in [0.4, 0.5) is 5.69 Å². The van der Waals surface area contributed by atoms with Crippen LogP contribution < -0.4 is 5.32 Å². The largest absolute Gasteiger partial charge is 0.381 e. The Morgan fingerprint density at radius 2 is 2.25 bits per heavy atom. The first kappa shape index (κ1) is 11.9.